The number of sulfonamides is 1. The van der Waals surface area contributed by atoms with Gasteiger partial charge in [0.1, 0.15) is 5.01 Å². The number of nitrogens with one attached hydrogen (secondary N) is 1. The van der Waals surface area contributed by atoms with E-state index in [1.54, 1.807) is 11.4 Å². The SMILES string of the molecule is Cc1nc2sc(C3CC3)nn2c1-c1ccc(C(F)(F)F)c(S(=O)(=O)NC2CCC(O)CC2)c1. The highest BCUT2D eigenvalue weighted by molar-refractivity contribution is 7.89. The van der Waals surface area contributed by atoms with Gasteiger partial charge in [-0.1, -0.05) is 17.4 Å². The second-order valence-electron chi connectivity index (χ2n) is 8.79. The minimum absolute atomic E-state index is 0.306. The van der Waals surface area contributed by atoms with Gasteiger partial charge in [0.2, 0.25) is 15.0 Å². The van der Waals surface area contributed by atoms with E-state index in [4.69, 9.17) is 0 Å². The Labute approximate surface area is 192 Å². The van der Waals surface area contributed by atoms with Gasteiger partial charge >= 0.3 is 6.18 Å². The van der Waals surface area contributed by atoms with Gasteiger partial charge in [-0.3, -0.25) is 0 Å². The zero-order valence-corrected chi connectivity index (χ0v) is 19.4. The summed E-state index contributed by atoms with van der Waals surface area (Å²) in [4.78, 5) is 4.31. The summed E-state index contributed by atoms with van der Waals surface area (Å²) in [5.74, 6) is 0.395. The molecule has 2 aliphatic carbocycles. The van der Waals surface area contributed by atoms with Crippen molar-refractivity contribution < 1.29 is 26.7 Å². The Balaban J connectivity index is 1.58. The van der Waals surface area contributed by atoms with Gasteiger partial charge in [-0.25, -0.2) is 22.6 Å². The number of alkyl halides is 3. The highest BCUT2D eigenvalue weighted by atomic mass is 32.2. The largest absolute Gasteiger partial charge is 0.417 e. The van der Waals surface area contributed by atoms with E-state index < -0.39 is 38.8 Å². The van der Waals surface area contributed by atoms with E-state index in [0.717, 1.165) is 30.0 Å². The van der Waals surface area contributed by atoms with Gasteiger partial charge in [-0.2, -0.15) is 18.3 Å². The third-order valence-electron chi connectivity index (χ3n) is 6.19. The van der Waals surface area contributed by atoms with Gasteiger partial charge in [-0.05, 0) is 57.6 Å². The van der Waals surface area contributed by atoms with Crippen molar-refractivity contribution >= 4 is 26.3 Å². The molecule has 2 N–H and O–H groups in total. The lowest BCUT2D eigenvalue weighted by atomic mass is 9.94. The predicted molar refractivity (Wildman–Crippen MR) is 117 cm³/mol. The number of rotatable bonds is 5. The molecule has 5 rings (SSSR count). The van der Waals surface area contributed by atoms with Crippen LogP contribution in [0.25, 0.3) is 16.2 Å². The number of benzene rings is 1. The number of aryl methyl sites for hydroxylation is 1. The fraction of sp³-hybridized carbons (Fsp3) is 0.524. The molecule has 1 aromatic carbocycles. The normalized spacial score (nSPS) is 22.2. The van der Waals surface area contributed by atoms with Crippen molar-refractivity contribution in [2.45, 2.75) is 74.6 Å². The van der Waals surface area contributed by atoms with Crippen LogP contribution in [0, 0.1) is 6.92 Å². The summed E-state index contributed by atoms with van der Waals surface area (Å²) >= 11 is 1.45. The van der Waals surface area contributed by atoms with E-state index in [1.165, 1.54) is 17.4 Å². The molecule has 178 valence electrons. The monoisotopic (exact) mass is 500 g/mol. The number of aliphatic hydroxyl groups excluding tert-OH is 1. The van der Waals surface area contributed by atoms with Crippen LogP contribution in [-0.2, 0) is 16.2 Å². The summed E-state index contributed by atoms with van der Waals surface area (Å²) < 4.78 is 71.5. The van der Waals surface area contributed by atoms with Gasteiger partial charge in [0, 0.05) is 17.5 Å². The van der Waals surface area contributed by atoms with Gasteiger partial charge in [0.05, 0.1) is 28.0 Å². The summed E-state index contributed by atoms with van der Waals surface area (Å²) in [5.41, 5.74) is 0.137. The molecule has 7 nitrogen and oxygen atoms in total. The number of hydrogen-bond donors (Lipinski definition) is 2. The molecule has 0 atom stereocenters. The minimum Gasteiger partial charge on any atom is -0.393 e. The van der Waals surface area contributed by atoms with Crippen molar-refractivity contribution in [2.24, 2.45) is 0 Å². The fourth-order valence-electron chi connectivity index (χ4n) is 4.29. The van der Waals surface area contributed by atoms with E-state index in [9.17, 15) is 26.7 Å². The number of imidazole rings is 1. The smallest absolute Gasteiger partial charge is 0.393 e. The number of hydrogen-bond acceptors (Lipinski definition) is 6. The molecule has 0 spiro atoms. The molecule has 12 heteroatoms. The second kappa shape index (κ2) is 8.03. The Kier molecular flexibility index (Phi) is 5.54. The van der Waals surface area contributed by atoms with E-state index in [0.29, 0.717) is 53.5 Å². The standard InChI is InChI=1S/C21H23F3N4O3S2/c1-11-18(28-20(25-11)32-19(26-28)12-2-3-12)13-4-9-16(21(22,23)24)17(10-13)33(30,31)27-14-5-7-15(29)8-6-14/h4,9-10,12,14-15,27,29H,2-3,5-8H2,1H3. The van der Waals surface area contributed by atoms with Crippen LogP contribution in [0.5, 0.6) is 0 Å². The van der Waals surface area contributed by atoms with Crippen LogP contribution in [0.4, 0.5) is 13.2 Å². The third-order valence-corrected chi connectivity index (χ3v) is 8.82. The van der Waals surface area contributed by atoms with Crippen molar-refractivity contribution in [3.05, 3.63) is 34.5 Å². The molecule has 2 fully saturated rings. The van der Waals surface area contributed by atoms with Crippen LogP contribution in [-0.4, -0.2) is 40.3 Å². The Morgan fingerprint density at radius 3 is 2.48 bits per heavy atom. The number of aliphatic hydroxyl groups is 1. The summed E-state index contributed by atoms with van der Waals surface area (Å²) in [5, 5.41) is 15.2. The molecule has 0 unspecified atom stereocenters. The van der Waals surface area contributed by atoms with E-state index >= 15 is 0 Å². The summed E-state index contributed by atoms with van der Waals surface area (Å²) in [6.07, 6.45) is -1.70. The van der Waals surface area contributed by atoms with E-state index in [1.807, 2.05) is 0 Å². The van der Waals surface area contributed by atoms with E-state index in [-0.39, 0.29) is 0 Å². The maximum absolute atomic E-state index is 13.8. The Bertz CT molecular complexity index is 1300. The predicted octanol–water partition coefficient (Wildman–Crippen LogP) is 4.24. The highest BCUT2D eigenvalue weighted by Gasteiger charge is 2.39. The Morgan fingerprint density at radius 1 is 1.15 bits per heavy atom. The lowest BCUT2D eigenvalue weighted by Crippen LogP contribution is -2.39. The van der Waals surface area contributed by atoms with Crippen LogP contribution in [0.2, 0.25) is 0 Å². The maximum Gasteiger partial charge on any atom is 0.417 e. The van der Waals surface area contributed by atoms with Crippen LogP contribution in [0.1, 0.15) is 60.7 Å². The average Bonchev–Trinajstić information content (AvgIpc) is 3.44. The van der Waals surface area contributed by atoms with Crippen molar-refractivity contribution in [3.8, 4) is 11.3 Å². The first kappa shape index (κ1) is 22.8. The number of halogens is 3. The molecule has 3 aromatic rings. The Morgan fingerprint density at radius 2 is 1.85 bits per heavy atom. The van der Waals surface area contributed by atoms with Gasteiger partial charge in [0.15, 0.2) is 0 Å². The molecule has 0 saturated heterocycles. The second-order valence-corrected chi connectivity index (χ2v) is 11.5. The van der Waals surface area contributed by atoms with E-state index in [2.05, 4.69) is 14.8 Å². The van der Waals surface area contributed by atoms with Crippen LogP contribution in [0.3, 0.4) is 0 Å². The first-order valence-corrected chi connectivity index (χ1v) is 13.1. The quantitative estimate of drug-likeness (QED) is 0.546. The fourth-order valence-corrected chi connectivity index (χ4v) is 6.96. The number of nitrogens with zero attached hydrogens (tertiary/aromatic N) is 3. The summed E-state index contributed by atoms with van der Waals surface area (Å²) in [6, 6.07) is 2.62. The highest BCUT2D eigenvalue weighted by Crippen LogP contribution is 2.43. The first-order valence-electron chi connectivity index (χ1n) is 10.8. The third kappa shape index (κ3) is 4.41. The molecular weight excluding hydrogens is 477 g/mol. The zero-order chi connectivity index (χ0) is 23.5. The Hall–Kier alpha value is -2.02. The maximum atomic E-state index is 13.8. The average molecular weight is 501 g/mol. The molecule has 2 aromatic heterocycles. The lowest BCUT2D eigenvalue weighted by molar-refractivity contribution is -0.139. The molecule has 0 bridgehead atoms. The van der Waals surface area contributed by atoms with Gasteiger partial charge in [-0.15, -0.1) is 0 Å². The van der Waals surface area contributed by atoms with Crippen molar-refractivity contribution in [3.63, 3.8) is 0 Å². The molecule has 0 amide bonds. The molecular formula is C21H23F3N4O3S2. The van der Waals surface area contributed by atoms with Gasteiger partial charge in [0.25, 0.3) is 0 Å². The minimum atomic E-state index is -4.84. The van der Waals surface area contributed by atoms with Gasteiger partial charge < -0.3 is 5.11 Å². The van der Waals surface area contributed by atoms with Crippen molar-refractivity contribution in [2.75, 3.05) is 0 Å². The van der Waals surface area contributed by atoms with Crippen LogP contribution < -0.4 is 4.72 Å². The summed E-state index contributed by atoms with van der Waals surface area (Å²) in [7, 11) is -4.47. The summed E-state index contributed by atoms with van der Waals surface area (Å²) in [6.45, 7) is 1.73. The molecule has 0 aliphatic heterocycles. The number of fused-ring (bicyclic) bond motifs is 1. The zero-order valence-electron chi connectivity index (χ0n) is 17.8. The molecule has 2 aliphatic rings. The van der Waals surface area contributed by atoms with Crippen molar-refractivity contribution in [1.29, 1.82) is 0 Å². The number of aromatic nitrogens is 3. The van der Waals surface area contributed by atoms with Crippen molar-refractivity contribution in [1.82, 2.24) is 19.3 Å². The molecule has 33 heavy (non-hydrogen) atoms. The molecule has 2 saturated carbocycles. The topological polar surface area (TPSA) is 96.6 Å². The first-order chi connectivity index (χ1) is 15.5. The lowest BCUT2D eigenvalue weighted by Gasteiger charge is -2.26. The molecule has 0 radical (unpaired) electrons. The molecule has 2 heterocycles. The van der Waals surface area contributed by atoms with Crippen LogP contribution >= 0.6 is 11.3 Å². The van der Waals surface area contributed by atoms with Crippen LogP contribution in [0.15, 0.2) is 23.1 Å².